The molecule has 3 rings (SSSR count). The molecule has 2 heterocycles. The fraction of sp³-hybridized carbons (Fsp3) is 0.278. The molecule has 0 saturated carbocycles. The van der Waals surface area contributed by atoms with Crippen LogP contribution in [0.2, 0.25) is 0 Å². The lowest BCUT2D eigenvalue weighted by molar-refractivity contribution is 0.102. The number of methoxy groups -OCH3 is 1. The van der Waals surface area contributed by atoms with E-state index < -0.39 is 0 Å². The summed E-state index contributed by atoms with van der Waals surface area (Å²) >= 11 is 1.44. The molecule has 1 atom stereocenters. The second kappa shape index (κ2) is 7.48. The average molecular weight is 356 g/mol. The summed E-state index contributed by atoms with van der Waals surface area (Å²) in [5.41, 5.74) is 1.35. The van der Waals surface area contributed by atoms with Crippen LogP contribution in [0.25, 0.3) is 10.6 Å². The maximum Gasteiger partial charge on any atom is 0.276 e. The summed E-state index contributed by atoms with van der Waals surface area (Å²) in [6, 6.07) is 9.62. The largest absolute Gasteiger partial charge is 0.497 e. The normalized spacial score (nSPS) is 12.0. The lowest BCUT2D eigenvalue weighted by Crippen LogP contribution is -2.17. The van der Waals surface area contributed by atoms with Crippen molar-refractivity contribution in [1.82, 2.24) is 14.8 Å². The zero-order chi connectivity index (χ0) is 17.8. The topological polar surface area (TPSA) is 69.0 Å². The first kappa shape index (κ1) is 17.2. The predicted octanol–water partition coefficient (Wildman–Crippen LogP) is 4.24. The van der Waals surface area contributed by atoms with Crippen molar-refractivity contribution >= 4 is 23.1 Å². The maximum atomic E-state index is 12.5. The number of anilines is 1. The number of hydrogen-bond donors (Lipinski definition) is 1. The Morgan fingerprint density at radius 1 is 1.32 bits per heavy atom. The Bertz CT molecular complexity index is 854. The van der Waals surface area contributed by atoms with Gasteiger partial charge in [0.1, 0.15) is 22.3 Å². The summed E-state index contributed by atoms with van der Waals surface area (Å²) in [6.07, 6.45) is 2.62. The highest BCUT2D eigenvalue weighted by Crippen LogP contribution is 2.26. The van der Waals surface area contributed by atoms with Gasteiger partial charge < -0.3 is 10.1 Å². The third kappa shape index (κ3) is 3.71. The van der Waals surface area contributed by atoms with Gasteiger partial charge in [0.25, 0.3) is 5.91 Å². The SMILES string of the molecule is CCC(C)n1nccc1NC(=O)c1csc(-c2ccc(OC)cc2)n1. The van der Waals surface area contributed by atoms with E-state index in [1.54, 1.807) is 24.8 Å². The molecule has 0 radical (unpaired) electrons. The van der Waals surface area contributed by atoms with Gasteiger partial charge in [0.05, 0.1) is 19.3 Å². The van der Waals surface area contributed by atoms with E-state index in [2.05, 4.69) is 29.2 Å². The number of nitrogens with zero attached hydrogens (tertiary/aromatic N) is 3. The van der Waals surface area contributed by atoms with E-state index in [-0.39, 0.29) is 11.9 Å². The number of amides is 1. The van der Waals surface area contributed by atoms with E-state index >= 15 is 0 Å². The van der Waals surface area contributed by atoms with Crippen LogP contribution >= 0.6 is 11.3 Å². The van der Waals surface area contributed by atoms with Crippen molar-refractivity contribution < 1.29 is 9.53 Å². The Morgan fingerprint density at radius 3 is 2.76 bits per heavy atom. The summed E-state index contributed by atoms with van der Waals surface area (Å²) in [6.45, 7) is 4.15. The molecule has 7 heteroatoms. The van der Waals surface area contributed by atoms with Gasteiger partial charge in [-0.15, -0.1) is 11.3 Å². The minimum atomic E-state index is -0.235. The lowest BCUT2D eigenvalue weighted by atomic mass is 10.2. The Balaban J connectivity index is 1.75. The number of aromatic nitrogens is 3. The van der Waals surface area contributed by atoms with Gasteiger partial charge in [0.15, 0.2) is 0 Å². The van der Waals surface area contributed by atoms with Crippen molar-refractivity contribution in [3.8, 4) is 16.3 Å². The Hall–Kier alpha value is -2.67. The number of carbonyl (C=O) groups is 1. The molecule has 0 saturated heterocycles. The molecular formula is C18H20N4O2S. The van der Waals surface area contributed by atoms with Crippen LogP contribution in [-0.2, 0) is 0 Å². The van der Waals surface area contributed by atoms with Gasteiger partial charge in [-0.25, -0.2) is 9.67 Å². The van der Waals surface area contributed by atoms with E-state index in [1.165, 1.54) is 11.3 Å². The highest BCUT2D eigenvalue weighted by atomic mass is 32.1. The van der Waals surface area contributed by atoms with E-state index in [0.717, 1.165) is 22.7 Å². The van der Waals surface area contributed by atoms with E-state index in [0.29, 0.717) is 11.5 Å². The molecule has 0 aliphatic rings. The molecule has 25 heavy (non-hydrogen) atoms. The third-order valence-electron chi connectivity index (χ3n) is 3.99. The number of ether oxygens (including phenoxy) is 1. The fourth-order valence-corrected chi connectivity index (χ4v) is 3.17. The quantitative estimate of drug-likeness (QED) is 0.717. The van der Waals surface area contributed by atoms with Crippen LogP contribution in [0.1, 0.15) is 36.8 Å². The molecule has 130 valence electrons. The Morgan fingerprint density at radius 2 is 2.08 bits per heavy atom. The highest BCUT2D eigenvalue weighted by Gasteiger charge is 2.15. The summed E-state index contributed by atoms with van der Waals surface area (Å²) in [4.78, 5) is 16.9. The predicted molar refractivity (Wildman–Crippen MR) is 99.3 cm³/mol. The van der Waals surface area contributed by atoms with E-state index in [1.807, 2.05) is 28.9 Å². The Labute approximate surface area is 150 Å². The molecular weight excluding hydrogens is 336 g/mol. The monoisotopic (exact) mass is 356 g/mol. The molecule has 0 fully saturated rings. The average Bonchev–Trinajstić information content (AvgIpc) is 3.30. The second-order valence-corrected chi connectivity index (χ2v) is 6.50. The molecule has 1 aromatic carbocycles. The lowest BCUT2D eigenvalue weighted by Gasteiger charge is -2.13. The second-order valence-electron chi connectivity index (χ2n) is 5.64. The minimum absolute atomic E-state index is 0.218. The zero-order valence-electron chi connectivity index (χ0n) is 14.4. The summed E-state index contributed by atoms with van der Waals surface area (Å²) < 4.78 is 6.97. The number of carbonyl (C=O) groups excluding carboxylic acids is 1. The third-order valence-corrected chi connectivity index (χ3v) is 4.89. The van der Waals surface area contributed by atoms with Crippen LogP contribution in [-0.4, -0.2) is 27.8 Å². The molecule has 0 spiro atoms. The van der Waals surface area contributed by atoms with Crippen molar-refractivity contribution in [3.63, 3.8) is 0 Å². The van der Waals surface area contributed by atoms with Crippen molar-refractivity contribution in [2.75, 3.05) is 12.4 Å². The van der Waals surface area contributed by atoms with Crippen LogP contribution in [0.5, 0.6) is 5.75 Å². The maximum absolute atomic E-state index is 12.5. The first-order valence-electron chi connectivity index (χ1n) is 8.07. The Kier molecular flexibility index (Phi) is 5.14. The number of hydrogen-bond acceptors (Lipinski definition) is 5. The first-order chi connectivity index (χ1) is 12.1. The molecule has 6 nitrogen and oxygen atoms in total. The number of benzene rings is 1. The van der Waals surface area contributed by atoms with Gasteiger partial charge in [0.2, 0.25) is 0 Å². The van der Waals surface area contributed by atoms with Crippen molar-refractivity contribution in [1.29, 1.82) is 0 Å². The van der Waals surface area contributed by atoms with Gasteiger partial charge in [-0.1, -0.05) is 6.92 Å². The molecule has 1 amide bonds. The zero-order valence-corrected chi connectivity index (χ0v) is 15.2. The van der Waals surface area contributed by atoms with Crippen molar-refractivity contribution in [3.05, 3.63) is 47.6 Å². The molecule has 0 aliphatic heterocycles. The molecule has 3 aromatic rings. The summed E-state index contributed by atoms with van der Waals surface area (Å²) in [5.74, 6) is 1.23. The van der Waals surface area contributed by atoms with Gasteiger partial charge in [-0.2, -0.15) is 5.10 Å². The van der Waals surface area contributed by atoms with E-state index in [9.17, 15) is 4.79 Å². The van der Waals surface area contributed by atoms with Crippen molar-refractivity contribution in [2.45, 2.75) is 26.3 Å². The molecule has 0 bridgehead atoms. The van der Waals surface area contributed by atoms with Gasteiger partial charge >= 0.3 is 0 Å². The molecule has 0 aliphatic carbocycles. The first-order valence-corrected chi connectivity index (χ1v) is 8.95. The van der Waals surface area contributed by atoms with Gasteiger partial charge in [-0.3, -0.25) is 4.79 Å². The molecule has 1 unspecified atom stereocenters. The number of nitrogens with one attached hydrogen (secondary N) is 1. The number of rotatable bonds is 6. The van der Waals surface area contributed by atoms with Crippen LogP contribution in [0.4, 0.5) is 5.82 Å². The summed E-state index contributed by atoms with van der Waals surface area (Å²) in [7, 11) is 1.63. The van der Waals surface area contributed by atoms with Crippen molar-refractivity contribution in [2.24, 2.45) is 0 Å². The van der Waals surface area contributed by atoms with Crippen LogP contribution in [0, 0.1) is 0 Å². The molecule has 1 N–H and O–H groups in total. The molecule has 2 aromatic heterocycles. The minimum Gasteiger partial charge on any atom is -0.497 e. The standard InChI is InChI=1S/C18H20N4O2S/c1-4-12(2)22-16(9-10-19-22)21-17(23)15-11-25-18(20-15)13-5-7-14(24-3)8-6-13/h5-12H,4H2,1-3H3,(H,21,23). The fourth-order valence-electron chi connectivity index (χ4n) is 2.36. The van der Waals surface area contributed by atoms with E-state index in [4.69, 9.17) is 4.74 Å². The van der Waals surface area contributed by atoms with Crippen LogP contribution in [0.3, 0.4) is 0 Å². The highest BCUT2D eigenvalue weighted by molar-refractivity contribution is 7.13. The van der Waals surface area contributed by atoms with Crippen LogP contribution < -0.4 is 10.1 Å². The number of thiazole rings is 1. The van der Waals surface area contributed by atoms with Crippen LogP contribution in [0.15, 0.2) is 41.9 Å². The van der Waals surface area contributed by atoms with Gasteiger partial charge in [-0.05, 0) is 37.6 Å². The van der Waals surface area contributed by atoms with Gasteiger partial charge in [0, 0.05) is 17.0 Å². The smallest absolute Gasteiger partial charge is 0.276 e. The summed E-state index contributed by atoms with van der Waals surface area (Å²) in [5, 5.41) is 9.72.